The molecule has 0 saturated carbocycles. The highest BCUT2D eigenvalue weighted by atomic mass is 79.9. The normalized spacial score (nSPS) is 20.2. The average Bonchev–Trinajstić information content (AvgIpc) is 2.78. The molecule has 2 aromatic carbocycles. The summed E-state index contributed by atoms with van der Waals surface area (Å²) in [6.07, 6.45) is 0.000629. The predicted molar refractivity (Wildman–Crippen MR) is 111 cm³/mol. The number of halogens is 2. The maximum atomic E-state index is 12.9. The lowest BCUT2D eigenvalue weighted by Crippen LogP contribution is -2.37. The molecule has 1 saturated heterocycles. The Bertz CT molecular complexity index is 854. The Morgan fingerprint density at radius 1 is 1.20 bits per heavy atom. The number of ketones is 1. The fourth-order valence-electron chi connectivity index (χ4n) is 2.45. The zero-order chi connectivity index (χ0) is 18.2. The summed E-state index contributed by atoms with van der Waals surface area (Å²) < 4.78 is -0.666. The summed E-state index contributed by atoms with van der Waals surface area (Å²) in [6.45, 7) is 1.97. The predicted octanol–water partition coefficient (Wildman–Crippen LogP) is 5.38. The van der Waals surface area contributed by atoms with Crippen LogP contribution in [0.2, 0.25) is 5.02 Å². The van der Waals surface area contributed by atoms with E-state index in [9.17, 15) is 9.59 Å². The first-order valence-electron chi connectivity index (χ1n) is 7.42. The first kappa shape index (κ1) is 18.6. The van der Waals surface area contributed by atoms with Gasteiger partial charge in [0.25, 0.3) is 5.91 Å². The van der Waals surface area contributed by atoms with Gasteiger partial charge >= 0.3 is 0 Å². The van der Waals surface area contributed by atoms with Crippen molar-refractivity contribution in [3.63, 3.8) is 0 Å². The minimum Gasteiger partial charge on any atom is -0.294 e. The van der Waals surface area contributed by atoms with Gasteiger partial charge < -0.3 is 0 Å². The first-order valence-corrected chi connectivity index (χ1v) is 9.81. The third-order valence-electron chi connectivity index (χ3n) is 3.80. The monoisotopic (exact) mass is 453 g/mol. The van der Waals surface area contributed by atoms with E-state index in [1.54, 1.807) is 24.3 Å². The van der Waals surface area contributed by atoms with Crippen LogP contribution in [0.4, 0.5) is 5.69 Å². The molecule has 1 aliphatic heterocycles. The van der Waals surface area contributed by atoms with E-state index in [1.165, 1.54) is 16.7 Å². The first-order chi connectivity index (χ1) is 11.8. The van der Waals surface area contributed by atoms with E-state index in [0.29, 0.717) is 20.6 Å². The van der Waals surface area contributed by atoms with Crippen molar-refractivity contribution in [1.29, 1.82) is 0 Å². The molecule has 25 heavy (non-hydrogen) atoms. The molecule has 1 unspecified atom stereocenters. The van der Waals surface area contributed by atoms with Crippen molar-refractivity contribution in [2.24, 2.45) is 0 Å². The lowest BCUT2D eigenvalue weighted by atomic mass is 10.1. The van der Waals surface area contributed by atoms with Gasteiger partial charge in [-0.25, -0.2) is 0 Å². The number of thiocarbonyl (C=S) groups is 1. The number of carbonyl (C=O) groups excluding carboxylic acids is 2. The van der Waals surface area contributed by atoms with Crippen LogP contribution >= 0.6 is 51.5 Å². The minimum absolute atomic E-state index is 0.000629. The molecule has 0 N–H and O–H groups in total. The smallest absolute Gasteiger partial charge is 0.260 e. The molecule has 0 bridgehead atoms. The lowest BCUT2D eigenvalue weighted by Gasteiger charge is -2.19. The van der Waals surface area contributed by atoms with Crippen molar-refractivity contribution < 1.29 is 9.59 Å². The van der Waals surface area contributed by atoms with Crippen LogP contribution in [0.5, 0.6) is 0 Å². The molecule has 0 spiro atoms. The van der Waals surface area contributed by atoms with E-state index >= 15 is 0 Å². The second-order valence-corrected chi connectivity index (χ2v) is 9.93. The van der Waals surface area contributed by atoms with E-state index in [0.717, 1.165) is 5.56 Å². The van der Waals surface area contributed by atoms with Crippen molar-refractivity contribution in [2.75, 3.05) is 4.90 Å². The Morgan fingerprint density at radius 2 is 1.80 bits per heavy atom. The van der Waals surface area contributed by atoms with Gasteiger partial charge in [0.2, 0.25) is 0 Å². The number of anilines is 1. The number of alkyl halides is 1. The molecule has 3 nitrogen and oxygen atoms in total. The summed E-state index contributed by atoms with van der Waals surface area (Å²) >= 11 is 15.9. The van der Waals surface area contributed by atoms with Crippen LogP contribution in [0.1, 0.15) is 22.3 Å². The maximum absolute atomic E-state index is 12.9. The summed E-state index contributed by atoms with van der Waals surface area (Å²) in [5, 5.41) is 0.558. The van der Waals surface area contributed by atoms with E-state index in [-0.39, 0.29) is 18.1 Å². The Hall–Kier alpha value is -1.21. The van der Waals surface area contributed by atoms with Crippen LogP contribution in [0.3, 0.4) is 0 Å². The molecule has 3 rings (SSSR count). The molecule has 1 amide bonds. The van der Waals surface area contributed by atoms with Gasteiger partial charge in [-0.05, 0) is 43.3 Å². The van der Waals surface area contributed by atoms with Crippen LogP contribution in [0.25, 0.3) is 0 Å². The summed E-state index contributed by atoms with van der Waals surface area (Å²) in [5.41, 5.74) is 2.31. The molecule has 0 radical (unpaired) electrons. The number of thioether (sulfide) groups is 1. The second-order valence-electron chi connectivity index (χ2n) is 5.68. The van der Waals surface area contributed by atoms with Gasteiger partial charge in [-0.3, -0.25) is 14.5 Å². The van der Waals surface area contributed by atoms with Crippen LogP contribution < -0.4 is 4.90 Å². The Labute approximate surface area is 168 Å². The van der Waals surface area contributed by atoms with Gasteiger partial charge in [-0.2, -0.15) is 0 Å². The second kappa shape index (κ2) is 7.19. The highest BCUT2D eigenvalue weighted by Crippen LogP contribution is 2.47. The van der Waals surface area contributed by atoms with Crippen molar-refractivity contribution in [1.82, 2.24) is 0 Å². The number of Topliss-reactive ketones (excluding diaryl/α,β-unsaturated/α-hetero) is 1. The molecule has 7 heteroatoms. The number of hydrogen-bond acceptors (Lipinski definition) is 4. The van der Waals surface area contributed by atoms with Gasteiger partial charge in [0.15, 0.2) is 9.44 Å². The highest BCUT2D eigenvalue weighted by molar-refractivity contribution is 9.12. The van der Waals surface area contributed by atoms with Crippen molar-refractivity contribution in [3.05, 3.63) is 64.7 Å². The molecule has 1 atom stereocenters. The average molecular weight is 455 g/mol. The fourth-order valence-corrected chi connectivity index (χ4v) is 5.34. The Balaban J connectivity index is 1.83. The quantitative estimate of drug-likeness (QED) is 0.353. The third-order valence-corrected chi connectivity index (χ3v) is 6.59. The minimum atomic E-state index is -1.09. The maximum Gasteiger partial charge on any atom is 0.260 e. The molecular formula is C18H13BrClNO2S2. The summed E-state index contributed by atoms with van der Waals surface area (Å²) in [7, 11) is 0. The van der Waals surface area contributed by atoms with E-state index in [1.807, 2.05) is 31.2 Å². The number of amides is 1. The standard InChI is InChI=1S/C18H13BrClNO2S2/c1-11-2-8-14(9-3-11)21-16(23)18(19,25-17(21)24)10-15(22)12-4-6-13(20)7-5-12/h2-9H,10H2,1H3. The number of aryl methyl sites for hydroxylation is 1. The van der Waals surface area contributed by atoms with E-state index in [2.05, 4.69) is 15.9 Å². The van der Waals surface area contributed by atoms with Crippen LogP contribution in [0.15, 0.2) is 48.5 Å². The number of nitrogens with zero attached hydrogens (tertiary/aromatic N) is 1. The van der Waals surface area contributed by atoms with Crippen LogP contribution in [0, 0.1) is 6.92 Å². The van der Waals surface area contributed by atoms with Crippen LogP contribution in [-0.2, 0) is 4.79 Å². The number of benzene rings is 2. The molecular weight excluding hydrogens is 442 g/mol. The topological polar surface area (TPSA) is 37.4 Å². The molecule has 1 fully saturated rings. The third kappa shape index (κ3) is 3.82. The SMILES string of the molecule is Cc1ccc(N2C(=O)C(Br)(CC(=O)c3ccc(Cl)cc3)SC2=S)cc1. The number of rotatable bonds is 4. The summed E-state index contributed by atoms with van der Waals surface area (Å²) in [6, 6.07) is 14.2. The molecule has 2 aromatic rings. The van der Waals surface area contributed by atoms with Crippen molar-refractivity contribution in [3.8, 4) is 0 Å². The molecule has 1 heterocycles. The van der Waals surface area contributed by atoms with E-state index in [4.69, 9.17) is 23.8 Å². The molecule has 1 aliphatic rings. The number of hydrogen-bond donors (Lipinski definition) is 0. The Kier molecular flexibility index (Phi) is 5.34. The fraction of sp³-hybridized carbons (Fsp3) is 0.167. The van der Waals surface area contributed by atoms with Gasteiger partial charge in [0.1, 0.15) is 4.32 Å². The molecule has 0 aromatic heterocycles. The van der Waals surface area contributed by atoms with Crippen molar-refractivity contribution >= 4 is 73.2 Å². The lowest BCUT2D eigenvalue weighted by molar-refractivity contribution is -0.117. The highest BCUT2D eigenvalue weighted by Gasteiger charge is 2.50. The zero-order valence-electron chi connectivity index (χ0n) is 13.2. The zero-order valence-corrected chi connectivity index (χ0v) is 17.1. The molecule has 0 aliphatic carbocycles. The van der Waals surface area contributed by atoms with Crippen LogP contribution in [-0.4, -0.2) is 19.7 Å². The van der Waals surface area contributed by atoms with Gasteiger partial charge in [0, 0.05) is 17.0 Å². The van der Waals surface area contributed by atoms with Gasteiger partial charge in [0.05, 0.1) is 5.69 Å². The Morgan fingerprint density at radius 3 is 2.40 bits per heavy atom. The summed E-state index contributed by atoms with van der Waals surface area (Å²) in [4.78, 5) is 27.0. The van der Waals surface area contributed by atoms with Gasteiger partial charge in [-0.1, -0.05) is 69.2 Å². The van der Waals surface area contributed by atoms with Crippen molar-refractivity contribution in [2.45, 2.75) is 17.0 Å². The number of carbonyl (C=O) groups is 2. The summed E-state index contributed by atoms with van der Waals surface area (Å²) in [5.74, 6) is -0.392. The van der Waals surface area contributed by atoms with Gasteiger partial charge in [-0.15, -0.1) is 0 Å². The van der Waals surface area contributed by atoms with E-state index < -0.39 is 3.66 Å². The molecule has 128 valence electrons. The largest absolute Gasteiger partial charge is 0.294 e.